The van der Waals surface area contributed by atoms with Crippen molar-refractivity contribution in [2.45, 2.75) is 6.92 Å². The molecule has 0 fully saturated rings. The molecule has 0 aliphatic carbocycles. The summed E-state index contributed by atoms with van der Waals surface area (Å²) in [6.45, 7) is 1.58. The molecule has 5 N–H and O–H groups in total. The summed E-state index contributed by atoms with van der Waals surface area (Å²) in [5, 5.41) is 0.862. The Morgan fingerprint density at radius 2 is 1.72 bits per heavy atom. The van der Waals surface area contributed by atoms with E-state index < -0.39 is 16.0 Å². The average molecular weight is 409 g/mol. The molecule has 0 bridgehead atoms. The van der Waals surface area contributed by atoms with Crippen LogP contribution in [0.3, 0.4) is 0 Å². The standard InChI is InChI=1S/C12H10Cl2N4O2.CH4O3S/c1-5-9(10(19)18-12(15)16)17-11(20-5)6-2-7(13)4-8(14)3-6;1-5(2,3)4/h2-4H,1H3,(H4,15,16,18,19);1H3,(H,2,3,4). The van der Waals surface area contributed by atoms with Crippen LogP contribution in [0.15, 0.2) is 27.6 Å². The molecule has 1 aromatic carbocycles. The number of rotatable bonds is 2. The number of carbonyl (C=O) groups excluding carboxylic acids is 1. The number of carbonyl (C=O) groups is 1. The van der Waals surface area contributed by atoms with Crippen LogP contribution >= 0.6 is 23.2 Å². The number of hydrogen-bond donors (Lipinski definition) is 3. The van der Waals surface area contributed by atoms with Crippen molar-refractivity contribution in [2.24, 2.45) is 16.5 Å². The highest BCUT2D eigenvalue weighted by Gasteiger charge is 2.18. The maximum Gasteiger partial charge on any atom is 0.302 e. The Morgan fingerprint density at radius 1 is 1.24 bits per heavy atom. The summed E-state index contributed by atoms with van der Waals surface area (Å²) < 4.78 is 31.3. The van der Waals surface area contributed by atoms with Crippen LogP contribution in [0.5, 0.6) is 0 Å². The highest BCUT2D eigenvalue weighted by Crippen LogP contribution is 2.28. The van der Waals surface area contributed by atoms with Gasteiger partial charge in [-0.25, -0.2) is 4.98 Å². The summed E-state index contributed by atoms with van der Waals surface area (Å²) in [6.07, 6.45) is 0.715. The number of aromatic nitrogens is 1. The number of oxazole rings is 1. The van der Waals surface area contributed by atoms with Crippen LogP contribution in [0.1, 0.15) is 16.2 Å². The van der Waals surface area contributed by atoms with Gasteiger partial charge < -0.3 is 15.9 Å². The normalized spacial score (nSPS) is 10.6. The third kappa shape index (κ3) is 7.52. The molecular weight excluding hydrogens is 395 g/mol. The molecule has 0 saturated heterocycles. The molecule has 1 heterocycles. The number of aryl methyl sites for hydroxylation is 1. The minimum atomic E-state index is -3.67. The van der Waals surface area contributed by atoms with Gasteiger partial charge in [0.1, 0.15) is 5.76 Å². The minimum Gasteiger partial charge on any atom is -0.441 e. The topological polar surface area (TPSA) is 162 Å². The Bertz CT molecular complexity index is 892. The lowest BCUT2D eigenvalue weighted by Crippen LogP contribution is -2.24. The zero-order valence-electron chi connectivity index (χ0n) is 13.0. The lowest BCUT2D eigenvalue weighted by atomic mass is 10.2. The van der Waals surface area contributed by atoms with Crippen LogP contribution in [0.2, 0.25) is 10.0 Å². The van der Waals surface area contributed by atoms with Crippen molar-refractivity contribution >= 4 is 45.2 Å². The van der Waals surface area contributed by atoms with Gasteiger partial charge in [0.25, 0.3) is 10.1 Å². The van der Waals surface area contributed by atoms with Gasteiger partial charge in [0.05, 0.1) is 6.26 Å². The Morgan fingerprint density at radius 3 is 2.16 bits per heavy atom. The molecule has 2 rings (SSSR count). The molecule has 12 heteroatoms. The Hall–Kier alpha value is -2.14. The van der Waals surface area contributed by atoms with Gasteiger partial charge in [-0.05, 0) is 25.1 Å². The van der Waals surface area contributed by atoms with Gasteiger partial charge in [-0.1, -0.05) is 23.2 Å². The maximum absolute atomic E-state index is 11.7. The fourth-order valence-corrected chi connectivity index (χ4v) is 2.09. The Kier molecular flexibility index (Phi) is 6.94. The molecule has 136 valence electrons. The smallest absolute Gasteiger partial charge is 0.302 e. The van der Waals surface area contributed by atoms with E-state index in [9.17, 15) is 13.2 Å². The number of guanidine groups is 1. The molecule has 2 aromatic rings. The molecule has 0 atom stereocenters. The fraction of sp³-hybridized carbons (Fsp3) is 0.154. The van der Waals surface area contributed by atoms with E-state index in [2.05, 4.69) is 9.98 Å². The van der Waals surface area contributed by atoms with Gasteiger partial charge in [-0.3, -0.25) is 9.35 Å². The Balaban J connectivity index is 0.000000550. The van der Waals surface area contributed by atoms with E-state index in [0.29, 0.717) is 27.6 Å². The van der Waals surface area contributed by atoms with Crippen molar-refractivity contribution < 1.29 is 22.2 Å². The molecular formula is C13H14Cl2N4O5S. The quantitative estimate of drug-likeness (QED) is 0.385. The third-order valence-corrected chi connectivity index (χ3v) is 2.78. The first-order valence-corrected chi connectivity index (χ1v) is 8.97. The van der Waals surface area contributed by atoms with E-state index in [0.717, 1.165) is 0 Å². The van der Waals surface area contributed by atoms with Crippen LogP contribution in [0.4, 0.5) is 0 Å². The summed E-state index contributed by atoms with van der Waals surface area (Å²) in [7, 11) is -3.67. The second-order valence-corrected chi connectivity index (χ2v) is 7.00. The summed E-state index contributed by atoms with van der Waals surface area (Å²) in [5.41, 5.74) is 10.9. The number of nitrogens with two attached hydrogens (primary N) is 2. The number of hydrogen-bond acceptors (Lipinski definition) is 5. The third-order valence-electron chi connectivity index (χ3n) is 2.34. The molecule has 0 aliphatic heterocycles. The number of halogens is 2. The molecule has 9 nitrogen and oxygen atoms in total. The van der Waals surface area contributed by atoms with Crippen molar-refractivity contribution in [3.63, 3.8) is 0 Å². The number of amides is 1. The first kappa shape index (κ1) is 20.9. The molecule has 0 unspecified atom stereocenters. The fourth-order valence-electron chi connectivity index (χ4n) is 1.57. The van der Waals surface area contributed by atoms with E-state index >= 15 is 0 Å². The van der Waals surface area contributed by atoms with E-state index in [1.165, 1.54) is 0 Å². The highest BCUT2D eigenvalue weighted by atomic mass is 35.5. The van der Waals surface area contributed by atoms with E-state index in [1.807, 2.05) is 0 Å². The lowest BCUT2D eigenvalue weighted by Gasteiger charge is -1.97. The molecule has 1 amide bonds. The highest BCUT2D eigenvalue weighted by molar-refractivity contribution is 7.85. The van der Waals surface area contributed by atoms with Crippen molar-refractivity contribution in [1.82, 2.24) is 4.98 Å². The average Bonchev–Trinajstić information content (AvgIpc) is 2.77. The van der Waals surface area contributed by atoms with E-state index in [-0.39, 0.29) is 17.5 Å². The molecule has 0 saturated carbocycles. The summed E-state index contributed by atoms with van der Waals surface area (Å²) in [6, 6.07) is 4.81. The van der Waals surface area contributed by atoms with Gasteiger partial charge in [0, 0.05) is 15.6 Å². The van der Waals surface area contributed by atoms with Gasteiger partial charge in [-0.15, -0.1) is 0 Å². The second kappa shape index (κ2) is 8.30. The largest absolute Gasteiger partial charge is 0.441 e. The predicted octanol–water partition coefficient (Wildman–Crippen LogP) is 1.87. The van der Waals surface area contributed by atoms with Gasteiger partial charge in [0.2, 0.25) is 5.89 Å². The van der Waals surface area contributed by atoms with Crippen LogP contribution in [-0.2, 0) is 10.1 Å². The zero-order valence-corrected chi connectivity index (χ0v) is 15.4. The first-order chi connectivity index (χ1) is 11.4. The van der Waals surface area contributed by atoms with Crippen LogP contribution in [0, 0.1) is 6.92 Å². The summed E-state index contributed by atoms with van der Waals surface area (Å²) >= 11 is 11.8. The SMILES string of the molecule is CS(=O)(=O)O.Cc1oc(-c2cc(Cl)cc(Cl)c2)nc1C(=O)N=C(N)N. The summed E-state index contributed by atoms with van der Waals surface area (Å²) in [5.74, 6) is -0.512. The van der Waals surface area contributed by atoms with Crippen LogP contribution in [0.25, 0.3) is 11.5 Å². The number of nitrogens with zero attached hydrogens (tertiary/aromatic N) is 2. The van der Waals surface area contributed by atoms with Crippen LogP contribution in [-0.4, -0.2) is 36.1 Å². The van der Waals surface area contributed by atoms with Gasteiger partial charge in [0.15, 0.2) is 11.7 Å². The number of aliphatic imine (C=N–C) groups is 1. The number of benzene rings is 1. The van der Waals surface area contributed by atoms with Crippen molar-refractivity contribution in [3.8, 4) is 11.5 Å². The Labute approximate surface area is 153 Å². The predicted molar refractivity (Wildman–Crippen MR) is 94.3 cm³/mol. The maximum atomic E-state index is 11.7. The van der Waals surface area contributed by atoms with E-state index in [4.69, 9.17) is 43.6 Å². The van der Waals surface area contributed by atoms with Crippen LogP contribution < -0.4 is 11.5 Å². The van der Waals surface area contributed by atoms with E-state index in [1.54, 1.807) is 25.1 Å². The zero-order chi connectivity index (χ0) is 19.4. The second-order valence-electron chi connectivity index (χ2n) is 4.66. The van der Waals surface area contributed by atoms with Gasteiger partial charge >= 0.3 is 5.91 Å². The van der Waals surface area contributed by atoms with Crippen molar-refractivity contribution in [2.75, 3.05) is 6.26 Å². The van der Waals surface area contributed by atoms with Gasteiger partial charge in [-0.2, -0.15) is 13.4 Å². The molecule has 0 radical (unpaired) electrons. The van der Waals surface area contributed by atoms with Crippen molar-refractivity contribution in [3.05, 3.63) is 39.7 Å². The molecule has 0 aliphatic rings. The van der Waals surface area contributed by atoms with Crippen molar-refractivity contribution in [1.29, 1.82) is 0 Å². The monoisotopic (exact) mass is 408 g/mol. The first-order valence-electron chi connectivity index (χ1n) is 6.37. The molecule has 0 spiro atoms. The molecule has 25 heavy (non-hydrogen) atoms. The lowest BCUT2D eigenvalue weighted by molar-refractivity contribution is 0.0997. The summed E-state index contributed by atoms with van der Waals surface area (Å²) in [4.78, 5) is 19.2. The molecule has 1 aromatic heterocycles. The minimum absolute atomic E-state index is 0.0319.